The summed E-state index contributed by atoms with van der Waals surface area (Å²) in [6, 6.07) is 17.0. The molecule has 0 bridgehead atoms. The van der Waals surface area contributed by atoms with Crippen molar-refractivity contribution >= 4 is 65.5 Å². The number of aryl methyl sites for hydroxylation is 2. The zero-order valence-electron chi connectivity index (χ0n) is 31.5. The summed E-state index contributed by atoms with van der Waals surface area (Å²) in [7, 11) is 0. The van der Waals surface area contributed by atoms with E-state index in [1.807, 2.05) is 72.3 Å². The predicted molar refractivity (Wildman–Crippen MR) is 224 cm³/mol. The van der Waals surface area contributed by atoms with Crippen LogP contribution < -0.4 is 16.0 Å². The quantitative estimate of drug-likeness (QED) is 0.0941. The van der Waals surface area contributed by atoms with E-state index in [-0.39, 0.29) is 31.7 Å². The van der Waals surface area contributed by atoms with Gasteiger partial charge in [0.25, 0.3) is 0 Å². The van der Waals surface area contributed by atoms with Crippen molar-refractivity contribution in [2.45, 2.75) is 39.7 Å². The molecule has 0 saturated heterocycles. The molecule has 56 heavy (non-hydrogen) atoms. The van der Waals surface area contributed by atoms with Gasteiger partial charge in [-0.2, -0.15) is 13.5 Å². The van der Waals surface area contributed by atoms with Crippen molar-refractivity contribution in [2.75, 3.05) is 63.4 Å². The lowest BCUT2D eigenvalue weighted by molar-refractivity contribution is -0.121. The summed E-state index contributed by atoms with van der Waals surface area (Å²) in [6.45, 7) is 9.68. The average Bonchev–Trinajstić information content (AvgIpc) is 3.82. The molecule has 2 aromatic carbocycles. The number of carbonyl (C=O) groups excluding carboxylic acids is 2. The van der Waals surface area contributed by atoms with Crippen LogP contribution in [0.4, 0.5) is 11.5 Å². The number of hydrogen-bond donors (Lipinski definition) is 3. The molecule has 5 heterocycles. The van der Waals surface area contributed by atoms with E-state index in [1.165, 1.54) is 4.88 Å². The van der Waals surface area contributed by atoms with Gasteiger partial charge in [-0.3, -0.25) is 19.1 Å². The second kappa shape index (κ2) is 19.0. The molecule has 13 nitrogen and oxygen atoms in total. The summed E-state index contributed by atoms with van der Waals surface area (Å²) in [4.78, 5) is 35.6. The number of ether oxygens (including phenoxy) is 3. The number of pyridine rings is 1. The molecule has 2 amide bonds. The first-order valence-corrected chi connectivity index (χ1v) is 19.4. The molecule has 2 aliphatic rings. The van der Waals surface area contributed by atoms with Gasteiger partial charge in [-0.1, -0.05) is 35.9 Å². The fraction of sp³-hybridized carbons (Fsp3) is 0.350. The van der Waals surface area contributed by atoms with Gasteiger partial charge in [0.05, 0.1) is 58.2 Å². The summed E-state index contributed by atoms with van der Waals surface area (Å²) >= 11 is 7.89. The van der Waals surface area contributed by atoms with Gasteiger partial charge >= 0.3 is 0 Å². The van der Waals surface area contributed by atoms with Crippen molar-refractivity contribution in [1.82, 2.24) is 25.1 Å². The number of nitrogens with zero attached hydrogens (tertiary/aromatic N) is 5. The van der Waals surface area contributed by atoms with Gasteiger partial charge in [-0.15, -0.1) is 21.5 Å². The first-order valence-electron chi connectivity index (χ1n) is 18.2. The maximum Gasteiger partial charge on any atom is 0.228 e. The van der Waals surface area contributed by atoms with Gasteiger partial charge in [0, 0.05) is 51.6 Å². The van der Waals surface area contributed by atoms with Crippen LogP contribution in [-0.2, 0) is 30.2 Å². The minimum atomic E-state index is -0.532. The van der Waals surface area contributed by atoms with Crippen LogP contribution >= 0.6 is 36.4 Å². The monoisotopic (exact) mass is 816 g/mol. The summed E-state index contributed by atoms with van der Waals surface area (Å²) in [5.74, 6) is 2.02. The van der Waals surface area contributed by atoms with Crippen LogP contribution in [0.2, 0.25) is 5.02 Å². The number of fused-ring (bicyclic) bond motifs is 4. The zero-order chi connectivity index (χ0) is 38.3. The minimum Gasteiger partial charge on any atom is -0.377 e. The van der Waals surface area contributed by atoms with Gasteiger partial charge < -0.3 is 30.2 Å². The van der Waals surface area contributed by atoms with Crippen LogP contribution in [0.15, 0.2) is 65.8 Å². The molecule has 294 valence electrons. The van der Waals surface area contributed by atoms with Crippen LogP contribution in [-0.4, -0.2) is 90.0 Å². The third kappa shape index (κ3) is 9.65. The highest BCUT2D eigenvalue weighted by Gasteiger charge is 2.32. The van der Waals surface area contributed by atoms with E-state index in [0.717, 1.165) is 61.4 Å². The molecule has 1 atom stereocenters. The van der Waals surface area contributed by atoms with E-state index < -0.39 is 6.04 Å². The number of aromatic nitrogens is 4. The van der Waals surface area contributed by atoms with E-state index >= 15 is 0 Å². The maximum absolute atomic E-state index is 13.2. The smallest absolute Gasteiger partial charge is 0.228 e. The molecule has 3 N–H and O–H groups in total. The number of hydrogen-bond acceptors (Lipinski definition) is 11. The van der Waals surface area contributed by atoms with E-state index in [4.69, 9.17) is 30.8 Å². The number of nitrogens with one attached hydrogen (secondary N) is 3. The molecular weight excluding hydrogens is 772 g/mol. The Balaban J connectivity index is 0.00000532. The highest BCUT2D eigenvalue weighted by atomic mass is 35.5. The number of amides is 2. The molecule has 7 rings (SSSR count). The molecule has 0 fully saturated rings. The van der Waals surface area contributed by atoms with Crippen LogP contribution in [0.3, 0.4) is 0 Å². The van der Waals surface area contributed by atoms with Crippen molar-refractivity contribution in [1.29, 1.82) is 0 Å². The maximum atomic E-state index is 13.2. The first-order chi connectivity index (χ1) is 26.7. The molecule has 2 aliphatic heterocycles. The molecule has 0 radical (unpaired) electrons. The Kier molecular flexibility index (Phi) is 13.9. The fourth-order valence-electron chi connectivity index (χ4n) is 6.50. The second-order valence-electron chi connectivity index (χ2n) is 13.3. The standard InChI is InChI=1S/C40H43ClN8O5S.H2S/c1-24-25(2)55-40-37(24)38(27-6-9-31(41)10-7-27)46-33(39-48-47-26(3)49(39)40)22-35(50)43-13-15-53-17-19-54-18-16-52-14-12-42-34-11-8-30(23-44-34)28-4-5-29-21-36(51)45-32(29)20-28;/h4-11,20,23,33H,12-19,21-22H2,1-3H3,(H,42,44)(H,43,50)(H,45,51);1H2/t33-;/m0./s1. The summed E-state index contributed by atoms with van der Waals surface area (Å²) in [5.41, 5.74) is 7.78. The number of benzene rings is 2. The van der Waals surface area contributed by atoms with Crippen molar-refractivity contribution in [3.63, 3.8) is 0 Å². The molecular formula is C40H45ClN8O5S2. The Morgan fingerprint density at radius 1 is 0.911 bits per heavy atom. The number of rotatable bonds is 17. The number of carbonyl (C=O) groups is 2. The third-order valence-corrected chi connectivity index (χ3v) is 10.9. The fourth-order valence-corrected chi connectivity index (χ4v) is 7.84. The number of aliphatic imine (C=N–C) groups is 1. The third-order valence-electron chi connectivity index (χ3n) is 9.43. The molecule has 5 aromatic rings. The normalized spacial score (nSPS) is 14.2. The van der Waals surface area contributed by atoms with Crippen LogP contribution in [0.5, 0.6) is 0 Å². The Bertz CT molecular complexity index is 2190. The molecule has 3 aromatic heterocycles. The zero-order valence-corrected chi connectivity index (χ0v) is 34.1. The second-order valence-corrected chi connectivity index (χ2v) is 14.9. The van der Waals surface area contributed by atoms with E-state index in [1.54, 1.807) is 11.3 Å². The van der Waals surface area contributed by atoms with Crippen LogP contribution in [0.1, 0.15) is 51.2 Å². The van der Waals surface area contributed by atoms with Crippen molar-refractivity contribution in [3.05, 3.63) is 105 Å². The van der Waals surface area contributed by atoms with Gasteiger partial charge in [0.2, 0.25) is 11.8 Å². The Labute approximate surface area is 341 Å². The molecule has 16 heteroatoms. The highest BCUT2D eigenvalue weighted by Crippen LogP contribution is 2.39. The minimum absolute atomic E-state index is 0. The molecule has 0 saturated carbocycles. The first kappa shape index (κ1) is 41.0. The summed E-state index contributed by atoms with van der Waals surface area (Å²) in [5, 5.41) is 19.6. The van der Waals surface area contributed by atoms with E-state index in [2.05, 4.69) is 45.0 Å². The van der Waals surface area contributed by atoms with Crippen LogP contribution in [0.25, 0.3) is 16.1 Å². The predicted octanol–water partition coefficient (Wildman–Crippen LogP) is 6.14. The van der Waals surface area contributed by atoms with Gasteiger partial charge in [-0.25, -0.2) is 4.98 Å². The van der Waals surface area contributed by atoms with Gasteiger partial charge in [-0.05, 0) is 67.8 Å². The molecule has 0 unspecified atom stereocenters. The largest absolute Gasteiger partial charge is 0.377 e. The lowest BCUT2D eigenvalue weighted by atomic mass is 9.99. The van der Waals surface area contributed by atoms with Gasteiger partial charge in [0.15, 0.2) is 5.82 Å². The SMILES string of the molecule is Cc1sc2c(c1C)C(c1ccc(Cl)cc1)=N[C@@H](CC(=O)NCCOCCOCCOCCNc1ccc(-c3ccc4c(c3)NC(=O)C4)cn1)c1nnc(C)n1-2.S. The average molecular weight is 817 g/mol. The lowest BCUT2D eigenvalue weighted by Crippen LogP contribution is -2.29. The van der Waals surface area contributed by atoms with Crippen molar-refractivity contribution in [2.24, 2.45) is 4.99 Å². The Morgan fingerprint density at radius 3 is 2.34 bits per heavy atom. The molecule has 0 spiro atoms. The van der Waals surface area contributed by atoms with E-state index in [9.17, 15) is 9.59 Å². The number of thiophene rings is 1. The Hall–Kier alpha value is -4.64. The topological polar surface area (TPSA) is 154 Å². The summed E-state index contributed by atoms with van der Waals surface area (Å²) < 4.78 is 19.0. The highest BCUT2D eigenvalue weighted by molar-refractivity contribution is 7.59. The molecule has 0 aliphatic carbocycles. The number of halogens is 1. The lowest BCUT2D eigenvalue weighted by Gasteiger charge is -2.13. The Morgan fingerprint density at radius 2 is 1.61 bits per heavy atom. The number of anilines is 2. The van der Waals surface area contributed by atoms with Crippen molar-refractivity contribution in [3.8, 4) is 16.1 Å². The summed E-state index contributed by atoms with van der Waals surface area (Å²) in [6.07, 6.45) is 2.36. The van der Waals surface area contributed by atoms with Crippen molar-refractivity contribution < 1.29 is 23.8 Å². The van der Waals surface area contributed by atoms with E-state index in [0.29, 0.717) is 70.0 Å². The van der Waals surface area contributed by atoms with Gasteiger partial charge in [0.1, 0.15) is 22.7 Å². The van der Waals surface area contributed by atoms with Crippen LogP contribution in [0, 0.1) is 20.8 Å².